The number of hydrogen-bond acceptors (Lipinski definition) is 7. The molecule has 3 aromatic heterocycles. The van der Waals surface area contributed by atoms with Crippen molar-refractivity contribution in [3.63, 3.8) is 0 Å². The van der Waals surface area contributed by atoms with E-state index >= 15 is 0 Å². The van der Waals surface area contributed by atoms with Gasteiger partial charge in [-0.05, 0) is 54.3 Å². The molecule has 1 aromatic carbocycles. The molecule has 1 amide bonds. The SMILES string of the molecule is CONC(=O)c1cc(CCc2cnc(Nc3ccc4nccn4c3)nc2)cc(OC)c1. The molecular weight excluding hydrogens is 396 g/mol. The van der Waals surface area contributed by atoms with E-state index in [0.29, 0.717) is 23.7 Å². The third kappa shape index (κ3) is 4.96. The maximum atomic E-state index is 12.1. The van der Waals surface area contributed by atoms with Gasteiger partial charge in [-0.3, -0.25) is 9.63 Å². The Bertz CT molecular complexity index is 1190. The van der Waals surface area contributed by atoms with Gasteiger partial charge in [0, 0.05) is 36.5 Å². The first-order valence-corrected chi connectivity index (χ1v) is 9.66. The minimum atomic E-state index is -0.324. The Labute approximate surface area is 179 Å². The van der Waals surface area contributed by atoms with Crippen molar-refractivity contribution in [3.8, 4) is 5.75 Å². The van der Waals surface area contributed by atoms with Crippen LogP contribution in [0.3, 0.4) is 0 Å². The fraction of sp³-hybridized carbons (Fsp3) is 0.182. The van der Waals surface area contributed by atoms with Gasteiger partial charge in [-0.25, -0.2) is 20.4 Å². The number of nitrogens with zero attached hydrogens (tertiary/aromatic N) is 4. The summed E-state index contributed by atoms with van der Waals surface area (Å²) in [5, 5.41) is 3.19. The summed E-state index contributed by atoms with van der Waals surface area (Å²) in [4.78, 5) is 29.8. The van der Waals surface area contributed by atoms with Gasteiger partial charge in [-0.1, -0.05) is 0 Å². The van der Waals surface area contributed by atoms with Crippen molar-refractivity contribution in [2.24, 2.45) is 0 Å². The first-order valence-electron chi connectivity index (χ1n) is 9.66. The van der Waals surface area contributed by atoms with E-state index in [9.17, 15) is 4.79 Å². The van der Waals surface area contributed by atoms with Gasteiger partial charge in [0.15, 0.2) is 0 Å². The molecule has 0 spiro atoms. The number of hydrogen-bond donors (Lipinski definition) is 2. The van der Waals surface area contributed by atoms with Crippen LogP contribution in [0.25, 0.3) is 5.65 Å². The lowest BCUT2D eigenvalue weighted by Crippen LogP contribution is -2.22. The molecule has 0 radical (unpaired) electrons. The van der Waals surface area contributed by atoms with Gasteiger partial charge in [0.2, 0.25) is 5.95 Å². The zero-order chi connectivity index (χ0) is 21.6. The van der Waals surface area contributed by atoms with Gasteiger partial charge in [0.05, 0.1) is 19.9 Å². The zero-order valence-corrected chi connectivity index (χ0v) is 17.2. The summed E-state index contributed by atoms with van der Waals surface area (Å²) in [6, 6.07) is 9.25. The lowest BCUT2D eigenvalue weighted by molar-refractivity contribution is 0.0537. The molecule has 31 heavy (non-hydrogen) atoms. The number of rotatable bonds is 8. The summed E-state index contributed by atoms with van der Waals surface area (Å²) in [7, 11) is 2.97. The number of carbonyl (C=O) groups excluding carboxylic acids is 1. The number of imidazole rings is 1. The van der Waals surface area contributed by atoms with Crippen molar-refractivity contribution in [3.05, 3.63) is 78.0 Å². The molecule has 3 heterocycles. The third-order valence-electron chi connectivity index (χ3n) is 4.71. The molecule has 0 aliphatic carbocycles. The maximum absolute atomic E-state index is 12.1. The van der Waals surface area contributed by atoms with E-state index in [2.05, 4.69) is 25.7 Å². The number of pyridine rings is 1. The van der Waals surface area contributed by atoms with E-state index in [1.54, 1.807) is 31.8 Å². The van der Waals surface area contributed by atoms with Crippen LogP contribution < -0.4 is 15.5 Å². The van der Waals surface area contributed by atoms with Crippen LogP contribution in [0.15, 0.2) is 61.3 Å². The predicted octanol–water partition coefficient (Wildman–Crippen LogP) is 2.95. The molecule has 4 rings (SSSR count). The zero-order valence-electron chi connectivity index (χ0n) is 17.2. The Morgan fingerprint density at radius 3 is 2.61 bits per heavy atom. The van der Waals surface area contributed by atoms with Crippen molar-refractivity contribution in [2.75, 3.05) is 19.5 Å². The molecule has 0 bridgehead atoms. The number of carbonyl (C=O) groups is 1. The molecule has 0 unspecified atom stereocenters. The van der Waals surface area contributed by atoms with E-state index in [0.717, 1.165) is 28.9 Å². The molecule has 9 heteroatoms. The van der Waals surface area contributed by atoms with E-state index in [-0.39, 0.29) is 5.91 Å². The number of benzene rings is 1. The van der Waals surface area contributed by atoms with Crippen LogP contribution >= 0.6 is 0 Å². The number of aromatic nitrogens is 4. The van der Waals surface area contributed by atoms with Crippen LogP contribution in [-0.2, 0) is 17.7 Å². The maximum Gasteiger partial charge on any atom is 0.274 e. The molecule has 0 saturated carbocycles. The van der Waals surface area contributed by atoms with Gasteiger partial charge >= 0.3 is 0 Å². The Morgan fingerprint density at radius 1 is 1.03 bits per heavy atom. The first kappa shape index (κ1) is 20.3. The standard InChI is InChI=1S/C22H22N6O3/c1-30-19-10-15(9-17(11-19)21(29)27-31-2)3-4-16-12-24-22(25-13-16)26-18-5-6-20-23-7-8-28(20)14-18/h5-14H,3-4H2,1-2H3,(H,27,29)(H,24,25,26). The lowest BCUT2D eigenvalue weighted by Gasteiger charge is -2.09. The largest absolute Gasteiger partial charge is 0.497 e. The Balaban J connectivity index is 1.41. The van der Waals surface area contributed by atoms with Crippen molar-refractivity contribution >= 4 is 23.2 Å². The summed E-state index contributed by atoms with van der Waals surface area (Å²) in [6.07, 6.45) is 10.6. The van der Waals surface area contributed by atoms with Crippen LogP contribution in [0.5, 0.6) is 5.75 Å². The van der Waals surface area contributed by atoms with E-state index in [4.69, 9.17) is 9.57 Å². The van der Waals surface area contributed by atoms with E-state index in [1.165, 1.54) is 7.11 Å². The molecular formula is C22H22N6O3. The van der Waals surface area contributed by atoms with Crippen molar-refractivity contribution in [1.29, 1.82) is 0 Å². The molecule has 0 atom stereocenters. The first-order chi connectivity index (χ1) is 15.1. The van der Waals surface area contributed by atoms with E-state index < -0.39 is 0 Å². The number of methoxy groups -OCH3 is 1. The second-order valence-electron chi connectivity index (χ2n) is 6.86. The van der Waals surface area contributed by atoms with Crippen LogP contribution in [0.1, 0.15) is 21.5 Å². The number of anilines is 2. The van der Waals surface area contributed by atoms with Crippen molar-refractivity contribution in [2.45, 2.75) is 12.8 Å². The summed E-state index contributed by atoms with van der Waals surface area (Å²) < 4.78 is 7.23. The molecule has 4 aromatic rings. The summed E-state index contributed by atoms with van der Waals surface area (Å²) in [6.45, 7) is 0. The van der Waals surface area contributed by atoms with E-state index in [1.807, 2.05) is 41.1 Å². The number of amides is 1. The average Bonchev–Trinajstić information content (AvgIpc) is 3.26. The highest BCUT2D eigenvalue weighted by Crippen LogP contribution is 2.19. The van der Waals surface area contributed by atoms with Gasteiger partial charge < -0.3 is 14.5 Å². The van der Waals surface area contributed by atoms with Gasteiger partial charge in [0.1, 0.15) is 11.4 Å². The fourth-order valence-electron chi connectivity index (χ4n) is 3.17. The summed E-state index contributed by atoms with van der Waals surface area (Å²) in [5.74, 6) is 0.808. The Morgan fingerprint density at radius 2 is 1.84 bits per heavy atom. The molecule has 0 fully saturated rings. The van der Waals surface area contributed by atoms with Crippen molar-refractivity contribution in [1.82, 2.24) is 24.8 Å². The molecule has 2 N–H and O–H groups in total. The number of ether oxygens (including phenoxy) is 1. The predicted molar refractivity (Wildman–Crippen MR) is 115 cm³/mol. The number of hydroxylamine groups is 1. The molecule has 0 saturated heterocycles. The molecule has 0 aliphatic heterocycles. The summed E-state index contributed by atoms with van der Waals surface area (Å²) in [5.41, 5.74) is 6.50. The Hall–Kier alpha value is -3.98. The quantitative estimate of drug-likeness (QED) is 0.424. The van der Waals surface area contributed by atoms with Crippen LogP contribution in [0.4, 0.5) is 11.6 Å². The highest BCUT2D eigenvalue weighted by molar-refractivity contribution is 5.94. The highest BCUT2D eigenvalue weighted by Gasteiger charge is 2.10. The monoisotopic (exact) mass is 418 g/mol. The van der Waals surface area contributed by atoms with Crippen LogP contribution in [0.2, 0.25) is 0 Å². The molecule has 0 aliphatic rings. The van der Waals surface area contributed by atoms with Gasteiger partial charge in [0.25, 0.3) is 5.91 Å². The van der Waals surface area contributed by atoms with Crippen LogP contribution in [0, 0.1) is 0 Å². The normalized spacial score (nSPS) is 10.8. The fourth-order valence-corrected chi connectivity index (χ4v) is 3.17. The third-order valence-corrected chi connectivity index (χ3v) is 4.71. The smallest absolute Gasteiger partial charge is 0.274 e. The topological polar surface area (TPSA) is 103 Å². The average molecular weight is 418 g/mol. The molecule has 158 valence electrons. The van der Waals surface area contributed by atoms with Gasteiger partial charge in [-0.2, -0.15) is 0 Å². The second kappa shape index (κ2) is 9.23. The lowest BCUT2D eigenvalue weighted by atomic mass is 10.0. The van der Waals surface area contributed by atoms with Crippen molar-refractivity contribution < 1.29 is 14.4 Å². The molecule has 9 nitrogen and oxygen atoms in total. The minimum absolute atomic E-state index is 0.324. The van der Waals surface area contributed by atoms with Gasteiger partial charge in [-0.15, -0.1) is 0 Å². The minimum Gasteiger partial charge on any atom is -0.497 e. The highest BCUT2D eigenvalue weighted by atomic mass is 16.6. The number of aryl methyl sites for hydroxylation is 2. The second-order valence-corrected chi connectivity index (χ2v) is 6.86. The number of nitrogens with one attached hydrogen (secondary N) is 2. The Kier molecular flexibility index (Phi) is 6.04. The summed E-state index contributed by atoms with van der Waals surface area (Å²) >= 11 is 0. The number of fused-ring (bicyclic) bond motifs is 1. The van der Waals surface area contributed by atoms with Crippen LogP contribution in [-0.4, -0.2) is 39.5 Å².